The number of allylic oxidation sites excluding steroid dienone is 1. The molecule has 0 bridgehead atoms. The van der Waals surface area contributed by atoms with E-state index in [-0.39, 0.29) is 19.1 Å². The molecular formula is C44H69N13O17. The number of carboxylic acid groups (broad SMARTS) is 1. The maximum atomic E-state index is 14.4. The molecule has 0 aromatic rings. The van der Waals surface area contributed by atoms with Crippen molar-refractivity contribution in [3.05, 3.63) is 25.3 Å². The second-order valence-corrected chi connectivity index (χ2v) is 16.7. The molecule has 0 radical (unpaired) electrons. The third-order valence-electron chi connectivity index (χ3n) is 10.2. The van der Waals surface area contributed by atoms with Gasteiger partial charge in [-0.05, 0) is 54.4 Å². The van der Waals surface area contributed by atoms with Crippen LogP contribution < -0.4 is 65.5 Å². The van der Waals surface area contributed by atoms with Gasteiger partial charge in [0.15, 0.2) is 59.6 Å². The van der Waals surface area contributed by atoms with E-state index in [1.54, 1.807) is 0 Å². The molecule has 30 nitrogen and oxygen atoms in total. The highest BCUT2D eigenvalue weighted by molar-refractivity contribution is 6.17. The summed E-state index contributed by atoms with van der Waals surface area (Å²) in [7, 11) is 0.829. The van der Waals surface area contributed by atoms with Gasteiger partial charge in [-0.1, -0.05) is 12.2 Å². The van der Waals surface area contributed by atoms with Gasteiger partial charge in [0, 0.05) is 19.4 Å². The van der Waals surface area contributed by atoms with E-state index in [1.807, 2.05) is 16.0 Å². The number of nitrogens with zero attached hydrogens (tertiary/aromatic N) is 1. The Labute approximate surface area is 425 Å². The first-order valence-electron chi connectivity index (χ1n) is 22.7. The second-order valence-electron chi connectivity index (χ2n) is 16.7. The topological polar surface area (TPSA) is 489 Å². The largest absolute Gasteiger partial charge is 0.481 e. The predicted octanol–water partition coefficient (Wildman–Crippen LogP) is -7.78. The third-order valence-corrected chi connectivity index (χ3v) is 10.2. The molecule has 7 amide bonds. The van der Waals surface area contributed by atoms with Crippen LogP contribution in [0.25, 0.3) is 0 Å². The highest BCUT2D eigenvalue weighted by Crippen LogP contribution is 2.10. The highest BCUT2D eigenvalue weighted by Gasteiger charge is 2.44. The normalized spacial score (nSPS) is 16.1. The molecule has 0 unspecified atom stereocenters. The number of nitrogens with one attached hydrogen (secondary N) is 8. The molecule has 17 N–H and O–H groups in total. The van der Waals surface area contributed by atoms with Gasteiger partial charge in [-0.3, -0.25) is 68.2 Å². The predicted molar refractivity (Wildman–Crippen MR) is 258 cm³/mol. The van der Waals surface area contributed by atoms with Crippen molar-refractivity contribution in [2.45, 2.75) is 146 Å². The fraction of sp³-hybridized carbons (Fsp3) is 0.568. The monoisotopic (exact) mass is 1050 g/mol. The molecule has 0 aromatic carbocycles. The summed E-state index contributed by atoms with van der Waals surface area (Å²) in [6.45, 7) is 13.4. The quantitative estimate of drug-likeness (QED) is 0.00911. The summed E-state index contributed by atoms with van der Waals surface area (Å²) >= 11 is 0. The number of carboxylic acids is 1. The fourth-order valence-corrected chi connectivity index (χ4v) is 6.10. The van der Waals surface area contributed by atoms with Crippen molar-refractivity contribution >= 4 is 89.0 Å². The number of ether oxygens (including phenoxy) is 1. The van der Waals surface area contributed by atoms with Crippen LogP contribution in [0.1, 0.15) is 67.2 Å². The molecule has 13 atom stereocenters. The first-order chi connectivity index (χ1) is 34.4. The van der Waals surface area contributed by atoms with Crippen LogP contribution >= 0.6 is 0 Å². The molecule has 0 spiro atoms. The highest BCUT2D eigenvalue weighted by atomic mass is 16.5. The van der Waals surface area contributed by atoms with Crippen molar-refractivity contribution in [1.29, 1.82) is 0 Å². The number of carbonyl (C=O) groups excluding carboxylic acids is 14. The van der Waals surface area contributed by atoms with E-state index in [0.29, 0.717) is 11.2 Å². The Bertz CT molecular complexity index is 2140. The molecule has 30 heteroatoms. The first-order valence-corrected chi connectivity index (χ1v) is 22.7. The zero-order valence-electron chi connectivity index (χ0n) is 42.0. The van der Waals surface area contributed by atoms with Gasteiger partial charge in [-0.2, -0.15) is 0 Å². The number of carbonyl (C=O) groups is 15. The van der Waals surface area contributed by atoms with Gasteiger partial charge in [-0.25, -0.2) is 4.79 Å². The number of hydrogen-bond acceptors (Lipinski definition) is 22. The van der Waals surface area contributed by atoms with E-state index in [0.717, 1.165) is 40.9 Å². The summed E-state index contributed by atoms with van der Waals surface area (Å²) in [5, 5.41) is 26.6. The molecule has 0 heterocycles. The van der Waals surface area contributed by atoms with Gasteiger partial charge in [0.1, 0.15) is 18.6 Å². The summed E-state index contributed by atoms with van der Waals surface area (Å²) in [6.07, 6.45) is -2.31. The number of esters is 1. The number of methoxy groups -OCH3 is 1. The molecule has 0 aliphatic heterocycles. The zero-order chi connectivity index (χ0) is 57.3. The lowest BCUT2D eigenvalue weighted by Gasteiger charge is -2.35. The van der Waals surface area contributed by atoms with E-state index in [9.17, 15) is 71.9 Å². The smallest absolute Gasteiger partial charge is 0.336 e. The molecule has 0 fully saturated rings. The Balaban J connectivity index is 7.54. The number of amides is 7. The van der Waals surface area contributed by atoms with Gasteiger partial charge in [0.2, 0.25) is 11.8 Å². The number of aldehydes is 2. The van der Waals surface area contributed by atoms with Crippen molar-refractivity contribution in [1.82, 2.24) is 47.4 Å². The molecule has 0 aromatic heterocycles. The molecule has 0 aliphatic carbocycles. The van der Waals surface area contributed by atoms with E-state index in [2.05, 4.69) is 44.5 Å². The summed E-state index contributed by atoms with van der Waals surface area (Å²) in [5.41, 5.74) is 23.2. The molecule has 0 saturated carbocycles. The van der Waals surface area contributed by atoms with Crippen molar-refractivity contribution in [3.63, 3.8) is 0 Å². The number of Topliss-reactive ketones (excluding diaryl/α,β-unsaturated/α-hetero) is 4. The number of aliphatic carboxylic acids is 1. The van der Waals surface area contributed by atoms with Gasteiger partial charge in [0.05, 0.1) is 43.4 Å². The minimum atomic E-state index is -2.57. The lowest BCUT2D eigenvalue weighted by atomic mass is 9.98. The molecule has 0 aliphatic rings. The molecule has 0 saturated heterocycles. The van der Waals surface area contributed by atoms with Gasteiger partial charge in [0.25, 0.3) is 29.5 Å². The maximum absolute atomic E-state index is 14.4. The molecule has 0 rings (SSSR count). The van der Waals surface area contributed by atoms with Crippen molar-refractivity contribution in [2.75, 3.05) is 13.7 Å². The van der Waals surface area contributed by atoms with Gasteiger partial charge in [-0.15, -0.1) is 13.2 Å². The molecular weight excluding hydrogens is 983 g/mol. The van der Waals surface area contributed by atoms with Crippen molar-refractivity contribution in [3.8, 4) is 0 Å². The number of ketones is 4. The Morgan fingerprint density at radius 3 is 1.49 bits per heavy atom. The molecule has 74 heavy (non-hydrogen) atoms. The van der Waals surface area contributed by atoms with Crippen LogP contribution in [0.2, 0.25) is 0 Å². The lowest BCUT2D eigenvalue weighted by Crippen LogP contribution is -2.68. The Morgan fingerprint density at radius 2 is 1.03 bits per heavy atom. The lowest BCUT2D eigenvalue weighted by molar-refractivity contribution is -0.150. The summed E-state index contributed by atoms with van der Waals surface area (Å²) in [6, 6.07) is -20.0. The Morgan fingerprint density at radius 1 is 0.568 bits per heavy atom. The minimum Gasteiger partial charge on any atom is -0.481 e. The van der Waals surface area contributed by atoms with E-state index in [4.69, 9.17) is 28.0 Å². The Kier molecular flexibility index (Phi) is 29.2. The SMILES string of the molecule is C=CCCC(=O)N[C@@H](C)C(=O)N[C@@H](N[C@@H](C)C=O)C(=O)N(CC=C)[C@@H](C(=O)N[C@@H](N[C@@H](C)C=O)C(=O)N[C@@H](C(=O)N[C@H](C(=O)N[C@@H](C(=O)OC)C(=O)[C@H](C)N)C(=O)[C@@H](N)CCC(=O)O)C(=O)[C@H](C)N)C(=O)[C@H](C)N. The van der Waals surface area contributed by atoms with Crippen molar-refractivity contribution < 1.29 is 81.8 Å². The van der Waals surface area contributed by atoms with Crippen LogP contribution in [-0.4, -0.2) is 191 Å². The fourth-order valence-electron chi connectivity index (χ4n) is 6.10. The van der Waals surface area contributed by atoms with Crippen LogP contribution in [0.15, 0.2) is 25.3 Å². The van der Waals surface area contributed by atoms with E-state index in [1.165, 1.54) is 19.9 Å². The number of hydrogen-bond donors (Lipinski definition) is 13. The maximum Gasteiger partial charge on any atom is 0.336 e. The third kappa shape index (κ3) is 21.3. The van der Waals surface area contributed by atoms with Crippen LogP contribution in [-0.2, 0) is 76.7 Å². The van der Waals surface area contributed by atoms with E-state index >= 15 is 0 Å². The second kappa shape index (κ2) is 32.5. The average molecular weight is 1050 g/mol. The number of rotatable bonds is 36. The van der Waals surface area contributed by atoms with Gasteiger partial charge >= 0.3 is 11.9 Å². The standard InChI is InChI=1S/C44H69N13O17/c1-10-12-13-26(60)51-24(8)38(67)56-37(50-20(4)18-59)43(72)57(16-11-2)31(34(65)23(7)47)41(70)55-36(49-19(3)17-58)42(71)53-28(32(63)21(5)45)39(68)52-29(35(66)25(48)14-15-27(61)62)40(69)54-30(44(73)74-9)33(64)22(6)46/h10-11,17-25,28-31,36-37,49-50H,1-2,12-16,45-48H2,3-9H3,(H,51,60)(H,52,68)(H,53,71)(H,54,69)(H,55,70)(H,56,67)(H,61,62)/t19-,20-,21-,22-,23-,24-,25-,28+,29-,30+,31+,36+,37+/m0/s1. The van der Waals surface area contributed by atoms with Crippen molar-refractivity contribution in [2.24, 2.45) is 22.9 Å². The average Bonchev–Trinajstić information content (AvgIpc) is 3.34. The van der Waals surface area contributed by atoms with Crippen LogP contribution in [0.3, 0.4) is 0 Å². The molecule has 412 valence electrons. The summed E-state index contributed by atoms with van der Waals surface area (Å²) in [4.78, 5) is 198. The zero-order valence-corrected chi connectivity index (χ0v) is 42.0. The van der Waals surface area contributed by atoms with Crippen LogP contribution in [0.4, 0.5) is 0 Å². The number of nitrogens with two attached hydrogens (primary N) is 4. The van der Waals surface area contributed by atoms with Crippen LogP contribution in [0, 0.1) is 0 Å². The first kappa shape index (κ1) is 66.5. The van der Waals surface area contributed by atoms with E-state index < -0.39 is 175 Å². The minimum absolute atomic E-state index is 0.0461. The summed E-state index contributed by atoms with van der Waals surface area (Å²) < 4.78 is 4.54. The Hall–Kier alpha value is -7.51. The summed E-state index contributed by atoms with van der Waals surface area (Å²) in [5.74, 6) is -17.3. The van der Waals surface area contributed by atoms with Gasteiger partial charge < -0.3 is 79.2 Å². The van der Waals surface area contributed by atoms with Crippen LogP contribution in [0.5, 0.6) is 0 Å².